The first-order chi connectivity index (χ1) is 8.99. The summed E-state index contributed by atoms with van der Waals surface area (Å²) in [4.78, 5) is 18.3. The number of nitrogens with zero attached hydrogens (tertiary/aromatic N) is 2. The van der Waals surface area contributed by atoms with Crippen LogP contribution in [0.3, 0.4) is 0 Å². The highest BCUT2D eigenvalue weighted by molar-refractivity contribution is 7.80. The van der Waals surface area contributed by atoms with Gasteiger partial charge in [0.05, 0.1) is 12.1 Å². The topological polar surface area (TPSA) is 71.2 Å². The molecule has 0 saturated heterocycles. The van der Waals surface area contributed by atoms with Crippen LogP contribution < -0.4 is 16.0 Å². The molecule has 0 radical (unpaired) electrons. The minimum Gasteiger partial charge on any atom is -0.389 e. The largest absolute Gasteiger partial charge is 0.389 e. The van der Waals surface area contributed by atoms with E-state index in [1.807, 2.05) is 37.8 Å². The first kappa shape index (κ1) is 15.4. The van der Waals surface area contributed by atoms with Crippen molar-refractivity contribution in [2.24, 2.45) is 5.73 Å². The molecule has 0 fully saturated rings. The maximum Gasteiger partial charge on any atom is 0.239 e. The van der Waals surface area contributed by atoms with Crippen molar-refractivity contribution in [1.29, 1.82) is 0 Å². The minimum absolute atomic E-state index is 0.0402. The maximum atomic E-state index is 11.7. The van der Waals surface area contributed by atoms with Gasteiger partial charge in [-0.25, -0.2) is 4.98 Å². The zero-order valence-electron chi connectivity index (χ0n) is 11.6. The van der Waals surface area contributed by atoms with E-state index in [-0.39, 0.29) is 17.4 Å². The molecule has 5 nitrogen and oxygen atoms in total. The lowest BCUT2D eigenvalue weighted by molar-refractivity contribution is -0.119. The summed E-state index contributed by atoms with van der Waals surface area (Å²) in [6.07, 6.45) is 0. The lowest BCUT2D eigenvalue weighted by atomic mass is 10.2. The number of carbonyl (C=O) groups is 1. The maximum absolute atomic E-state index is 11.7. The number of likely N-dealkylation sites (N-methyl/N-ethyl adjacent to an activating group) is 2. The third-order valence-corrected chi connectivity index (χ3v) is 2.89. The molecule has 0 spiro atoms. The second-order valence-corrected chi connectivity index (χ2v) is 4.60. The number of nitrogens with one attached hydrogen (secondary N) is 1. The molecule has 0 aromatic carbocycles. The Labute approximate surface area is 119 Å². The van der Waals surface area contributed by atoms with Crippen molar-refractivity contribution in [2.45, 2.75) is 20.8 Å². The number of carbonyl (C=O) groups excluding carboxylic acids is 1. The fourth-order valence-corrected chi connectivity index (χ4v) is 1.90. The summed E-state index contributed by atoms with van der Waals surface area (Å²) in [6.45, 7) is 7.26. The highest BCUT2D eigenvalue weighted by atomic mass is 32.1. The molecule has 0 atom stereocenters. The molecule has 19 heavy (non-hydrogen) atoms. The van der Waals surface area contributed by atoms with E-state index in [4.69, 9.17) is 18.0 Å². The highest BCUT2D eigenvalue weighted by Gasteiger charge is 2.16. The second-order valence-electron chi connectivity index (χ2n) is 4.16. The number of thiocarbonyl (C=S) groups is 1. The number of rotatable bonds is 6. The molecular weight excluding hydrogens is 260 g/mol. The zero-order chi connectivity index (χ0) is 14.4. The quantitative estimate of drug-likeness (QED) is 0.760. The average molecular weight is 280 g/mol. The molecule has 0 bridgehead atoms. The third kappa shape index (κ3) is 4.17. The molecule has 0 aliphatic carbocycles. The van der Waals surface area contributed by atoms with Crippen LogP contribution in [0.1, 0.15) is 25.1 Å². The Balaban J connectivity index is 3.06. The van der Waals surface area contributed by atoms with Gasteiger partial charge in [0.15, 0.2) is 0 Å². The van der Waals surface area contributed by atoms with Crippen molar-refractivity contribution in [3.63, 3.8) is 0 Å². The summed E-state index contributed by atoms with van der Waals surface area (Å²) in [7, 11) is 0. The van der Waals surface area contributed by atoms with E-state index < -0.39 is 0 Å². The number of aromatic nitrogens is 1. The number of amides is 1. The summed E-state index contributed by atoms with van der Waals surface area (Å²) in [5.41, 5.74) is 7.28. The molecule has 1 aromatic heterocycles. The van der Waals surface area contributed by atoms with Gasteiger partial charge >= 0.3 is 0 Å². The van der Waals surface area contributed by atoms with Gasteiger partial charge in [0, 0.05) is 18.8 Å². The Morgan fingerprint density at radius 2 is 2.16 bits per heavy atom. The van der Waals surface area contributed by atoms with Crippen LogP contribution in [0.15, 0.2) is 12.1 Å². The number of nitrogens with two attached hydrogens (primary N) is 1. The predicted octanol–water partition coefficient (Wildman–Crippen LogP) is 0.987. The van der Waals surface area contributed by atoms with Crippen LogP contribution >= 0.6 is 12.2 Å². The van der Waals surface area contributed by atoms with Gasteiger partial charge in [-0.15, -0.1) is 0 Å². The molecule has 0 saturated carbocycles. The third-order valence-electron chi connectivity index (χ3n) is 2.67. The van der Waals surface area contributed by atoms with Gasteiger partial charge in [-0.2, -0.15) is 0 Å². The molecular formula is C13H20N4OS. The van der Waals surface area contributed by atoms with Gasteiger partial charge in [0.2, 0.25) is 5.91 Å². The van der Waals surface area contributed by atoms with Crippen LogP contribution in [0.25, 0.3) is 0 Å². The summed E-state index contributed by atoms with van der Waals surface area (Å²) < 4.78 is 0. The standard InChI is InChI=1S/C13H20N4OS/c1-4-15-11(18)8-17(5-2)13-10(12(14)19)7-6-9(3)16-13/h6-7H,4-5,8H2,1-3H3,(H2,14,19)(H,15,18). The average Bonchev–Trinajstić information content (AvgIpc) is 2.35. The van der Waals surface area contributed by atoms with Crippen molar-refractivity contribution in [1.82, 2.24) is 10.3 Å². The van der Waals surface area contributed by atoms with E-state index in [1.165, 1.54) is 0 Å². The molecule has 1 rings (SSSR count). The van der Waals surface area contributed by atoms with Gasteiger partial charge < -0.3 is 16.0 Å². The first-order valence-electron chi connectivity index (χ1n) is 6.28. The smallest absolute Gasteiger partial charge is 0.239 e. The number of hydrogen-bond acceptors (Lipinski definition) is 4. The normalized spacial score (nSPS) is 10.1. The molecule has 3 N–H and O–H groups in total. The Morgan fingerprint density at radius 1 is 1.47 bits per heavy atom. The van der Waals surface area contributed by atoms with Crippen LogP contribution in [-0.4, -0.2) is 35.5 Å². The summed E-state index contributed by atoms with van der Waals surface area (Å²) in [5.74, 6) is 0.628. The Kier molecular flexibility index (Phi) is 5.69. The number of pyridine rings is 1. The number of hydrogen-bond donors (Lipinski definition) is 2. The van der Waals surface area contributed by atoms with Crippen molar-refractivity contribution in [3.8, 4) is 0 Å². The fraction of sp³-hybridized carbons (Fsp3) is 0.462. The van der Waals surface area contributed by atoms with Gasteiger partial charge in [-0.1, -0.05) is 12.2 Å². The summed E-state index contributed by atoms with van der Waals surface area (Å²) in [5, 5.41) is 2.77. The van der Waals surface area contributed by atoms with Gasteiger partial charge in [0.1, 0.15) is 10.8 Å². The van der Waals surface area contributed by atoms with E-state index in [1.54, 1.807) is 0 Å². The van der Waals surface area contributed by atoms with Gasteiger partial charge in [0.25, 0.3) is 0 Å². The number of anilines is 1. The monoisotopic (exact) mass is 280 g/mol. The Bertz CT molecular complexity index is 476. The highest BCUT2D eigenvalue weighted by Crippen LogP contribution is 2.18. The van der Waals surface area contributed by atoms with Crippen molar-refractivity contribution in [2.75, 3.05) is 24.5 Å². The van der Waals surface area contributed by atoms with E-state index in [0.717, 1.165) is 5.69 Å². The van der Waals surface area contributed by atoms with Crippen LogP contribution in [0, 0.1) is 6.92 Å². The van der Waals surface area contributed by atoms with Crippen LogP contribution in [0.4, 0.5) is 5.82 Å². The van der Waals surface area contributed by atoms with Crippen LogP contribution in [-0.2, 0) is 4.79 Å². The predicted molar refractivity (Wildman–Crippen MR) is 81.4 cm³/mol. The SMILES string of the molecule is CCNC(=O)CN(CC)c1nc(C)ccc1C(N)=S. The van der Waals surface area contributed by atoms with E-state index in [2.05, 4.69) is 10.3 Å². The fourth-order valence-electron chi connectivity index (χ4n) is 1.74. The van der Waals surface area contributed by atoms with E-state index in [0.29, 0.717) is 24.5 Å². The lowest BCUT2D eigenvalue weighted by Gasteiger charge is -2.23. The minimum atomic E-state index is -0.0402. The molecule has 0 aliphatic heterocycles. The summed E-state index contributed by atoms with van der Waals surface area (Å²) >= 11 is 5.04. The molecule has 1 amide bonds. The van der Waals surface area contributed by atoms with Crippen LogP contribution in [0.5, 0.6) is 0 Å². The van der Waals surface area contributed by atoms with E-state index >= 15 is 0 Å². The zero-order valence-corrected chi connectivity index (χ0v) is 12.4. The van der Waals surface area contributed by atoms with E-state index in [9.17, 15) is 4.79 Å². The molecule has 1 heterocycles. The second kappa shape index (κ2) is 7.04. The van der Waals surface area contributed by atoms with Crippen molar-refractivity contribution >= 4 is 28.9 Å². The van der Waals surface area contributed by atoms with Crippen LogP contribution in [0.2, 0.25) is 0 Å². The first-order valence-corrected chi connectivity index (χ1v) is 6.69. The van der Waals surface area contributed by atoms with Crippen molar-refractivity contribution in [3.05, 3.63) is 23.4 Å². The van der Waals surface area contributed by atoms with Gasteiger partial charge in [-0.3, -0.25) is 4.79 Å². The lowest BCUT2D eigenvalue weighted by Crippen LogP contribution is -2.38. The van der Waals surface area contributed by atoms with Gasteiger partial charge in [-0.05, 0) is 32.9 Å². The molecule has 6 heteroatoms. The molecule has 0 aliphatic rings. The summed E-state index contributed by atoms with van der Waals surface area (Å²) in [6, 6.07) is 3.71. The van der Waals surface area contributed by atoms with Crippen molar-refractivity contribution < 1.29 is 4.79 Å². The number of aryl methyl sites for hydroxylation is 1. The Hall–Kier alpha value is -1.69. The Morgan fingerprint density at radius 3 is 2.68 bits per heavy atom. The molecule has 0 unspecified atom stereocenters. The molecule has 1 aromatic rings. The molecule has 104 valence electrons.